The molecule has 0 bridgehead atoms. The summed E-state index contributed by atoms with van der Waals surface area (Å²) in [5.41, 5.74) is 2.49. The summed E-state index contributed by atoms with van der Waals surface area (Å²) >= 11 is 6.02. The van der Waals surface area contributed by atoms with E-state index in [0.29, 0.717) is 0 Å². The second-order valence-electron chi connectivity index (χ2n) is 3.94. The summed E-state index contributed by atoms with van der Waals surface area (Å²) in [4.78, 5) is 2.40. The van der Waals surface area contributed by atoms with E-state index in [9.17, 15) is 0 Å². The molecule has 0 aromatic heterocycles. The Balaban J connectivity index is 2.08. The second kappa shape index (κ2) is 4.86. The van der Waals surface area contributed by atoms with Gasteiger partial charge in [0.1, 0.15) is 0 Å². The van der Waals surface area contributed by atoms with Crippen molar-refractivity contribution in [3.05, 3.63) is 29.8 Å². The summed E-state index contributed by atoms with van der Waals surface area (Å²) in [5, 5.41) is 3.45. The zero-order valence-corrected chi connectivity index (χ0v) is 9.80. The fraction of sp³-hybridized carbons (Fsp3) is 0.500. The molecule has 2 nitrogen and oxygen atoms in total. The maximum atomic E-state index is 6.02. The van der Waals surface area contributed by atoms with Gasteiger partial charge in [0.15, 0.2) is 0 Å². The SMILES string of the molecule is CC(Cl)c1ccc(N2CCNCC2)cc1. The molecule has 1 atom stereocenters. The molecule has 2 rings (SSSR count). The molecular weight excluding hydrogens is 208 g/mol. The van der Waals surface area contributed by atoms with E-state index in [0.717, 1.165) is 26.2 Å². The van der Waals surface area contributed by atoms with E-state index in [2.05, 4.69) is 34.5 Å². The highest BCUT2D eigenvalue weighted by Gasteiger charge is 2.10. The number of nitrogens with one attached hydrogen (secondary N) is 1. The zero-order valence-electron chi connectivity index (χ0n) is 9.04. The van der Waals surface area contributed by atoms with Crippen LogP contribution in [0.4, 0.5) is 5.69 Å². The first kappa shape index (κ1) is 10.8. The lowest BCUT2D eigenvalue weighted by Crippen LogP contribution is -2.43. The predicted molar refractivity (Wildman–Crippen MR) is 65.8 cm³/mol. The minimum absolute atomic E-state index is 0.0991. The Kier molecular flexibility index (Phi) is 3.49. The van der Waals surface area contributed by atoms with Crippen molar-refractivity contribution in [2.45, 2.75) is 12.3 Å². The van der Waals surface area contributed by atoms with Gasteiger partial charge < -0.3 is 10.2 Å². The van der Waals surface area contributed by atoms with Gasteiger partial charge in [-0.2, -0.15) is 0 Å². The normalized spacial score (nSPS) is 18.9. The molecule has 1 aliphatic rings. The number of benzene rings is 1. The molecule has 1 N–H and O–H groups in total. The van der Waals surface area contributed by atoms with E-state index in [-0.39, 0.29) is 5.38 Å². The van der Waals surface area contributed by atoms with Crippen molar-refractivity contribution in [3.63, 3.8) is 0 Å². The van der Waals surface area contributed by atoms with Crippen LogP contribution in [0.15, 0.2) is 24.3 Å². The van der Waals surface area contributed by atoms with Crippen molar-refractivity contribution in [2.24, 2.45) is 0 Å². The maximum absolute atomic E-state index is 6.02. The van der Waals surface area contributed by atoms with Gasteiger partial charge in [0.2, 0.25) is 0 Å². The van der Waals surface area contributed by atoms with Gasteiger partial charge >= 0.3 is 0 Å². The van der Waals surface area contributed by atoms with E-state index in [4.69, 9.17) is 11.6 Å². The van der Waals surface area contributed by atoms with Crippen LogP contribution in [0.25, 0.3) is 0 Å². The quantitative estimate of drug-likeness (QED) is 0.777. The van der Waals surface area contributed by atoms with E-state index in [1.165, 1.54) is 11.3 Å². The van der Waals surface area contributed by atoms with Crippen molar-refractivity contribution < 1.29 is 0 Å². The topological polar surface area (TPSA) is 15.3 Å². The zero-order chi connectivity index (χ0) is 10.7. The molecule has 0 spiro atoms. The third-order valence-electron chi connectivity index (χ3n) is 2.83. The number of piperazine rings is 1. The first-order valence-electron chi connectivity index (χ1n) is 5.47. The molecule has 82 valence electrons. The number of nitrogens with zero attached hydrogens (tertiary/aromatic N) is 1. The molecule has 1 heterocycles. The lowest BCUT2D eigenvalue weighted by atomic mass is 10.1. The fourth-order valence-electron chi connectivity index (χ4n) is 1.87. The largest absolute Gasteiger partial charge is 0.369 e. The van der Waals surface area contributed by atoms with E-state index >= 15 is 0 Å². The number of halogens is 1. The molecule has 0 radical (unpaired) electrons. The van der Waals surface area contributed by atoms with Gasteiger partial charge in [-0.25, -0.2) is 0 Å². The Morgan fingerprint density at radius 3 is 2.33 bits per heavy atom. The minimum Gasteiger partial charge on any atom is -0.369 e. The molecule has 1 aliphatic heterocycles. The van der Waals surface area contributed by atoms with Crippen LogP contribution in [-0.2, 0) is 0 Å². The highest BCUT2D eigenvalue weighted by molar-refractivity contribution is 6.20. The van der Waals surface area contributed by atoms with Crippen molar-refractivity contribution in [2.75, 3.05) is 31.1 Å². The molecule has 1 aromatic carbocycles. The first-order chi connectivity index (χ1) is 7.27. The van der Waals surface area contributed by atoms with Crippen LogP contribution < -0.4 is 10.2 Å². The molecule has 0 aliphatic carbocycles. The summed E-state index contributed by atoms with van der Waals surface area (Å²) in [7, 11) is 0. The monoisotopic (exact) mass is 224 g/mol. The lowest BCUT2D eigenvalue weighted by molar-refractivity contribution is 0.589. The molecule has 15 heavy (non-hydrogen) atoms. The summed E-state index contributed by atoms with van der Waals surface area (Å²) in [6.45, 7) is 6.34. The van der Waals surface area contributed by atoms with Crippen molar-refractivity contribution in [1.29, 1.82) is 0 Å². The number of rotatable bonds is 2. The van der Waals surface area contributed by atoms with Gasteiger partial charge in [-0.05, 0) is 24.6 Å². The van der Waals surface area contributed by atoms with Gasteiger partial charge in [0, 0.05) is 31.9 Å². The summed E-state index contributed by atoms with van der Waals surface area (Å²) in [5.74, 6) is 0. The van der Waals surface area contributed by atoms with Crippen LogP contribution >= 0.6 is 11.6 Å². The molecule has 0 amide bonds. The van der Waals surface area contributed by atoms with Crippen LogP contribution in [0.2, 0.25) is 0 Å². The fourth-order valence-corrected chi connectivity index (χ4v) is 2.02. The molecule has 1 unspecified atom stereocenters. The third-order valence-corrected chi connectivity index (χ3v) is 3.09. The average molecular weight is 225 g/mol. The number of anilines is 1. The van der Waals surface area contributed by atoms with E-state index in [1.807, 2.05) is 6.92 Å². The van der Waals surface area contributed by atoms with Gasteiger partial charge in [0.25, 0.3) is 0 Å². The van der Waals surface area contributed by atoms with Crippen LogP contribution in [0.1, 0.15) is 17.9 Å². The van der Waals surface area contributed by atoms with E-state index in [1.54, 1.807) is 0 Å². The predicted octanol–water partition coefficient (Wildman–Crippen LogP) is 2.40. The average Bonchev–Trinajstić information content (AvgIpc) is 2.30. The molecule has 1 aromatic rings. The second-order valence-corrected chi connectivity index (χ2v) is 4.60. The summed E-state index contributed by atoms with van der Waals surface area (Å²) in [6, 6.07) is 8.57. The Hall–Kier alpha value is -0.730. The van der Waals surface area contributed by atoms with Gasteiger partial charge in [-0.3, -0.25) is 0 Å². The molecule has 1 fully saturated rings. The number of hydrogen-bond acceptors (Lipinski definition) is 2. The maximum Gasteiger partial charge on any atom is 0.0557 e. The smallest absolute Gasteiger partial charge is 0.0557 e. The molecule has 3 heteroatoms. The Morgan fingerprint density at radius 2 is 1.80 bits per heavy atom. The van der Waals surface area contributed by atoms with Crippen LogP contribution in [-0.4, -0.2) is 26.2 Å². The van der Waals surface area contributed by atoms with Crippen molar-refractivity contribution in [1.82, 2.24) is 5.32 Å². The highest BCUT2D eigenvalue weighted by Crippen LogP contribution is 2.22. The van der Waals surface area contributed by atoms with Gasteiger partial charge in [0.05, 0.1) is 5.38 Å². The van der Waals surface area contributed by atoms with Crippen LogP contribution in [0.5, 0.6) is 0 Å². The molecule has 0 saturated carbocycles. The summed E-state index contributed by atoms with van der Waals surface area (Å²) < 4.78 is 0. The summed E-state index contributed by atoms with van der Waals surface area (Å²) in [6.07, 6.45) is 0. The van der Waals surface area contributed by atoms with Crippen molar-refractivity contribution in [3.8, 4) is 0 Å². The standard InChI is InChI=1S/C12H17ClN2/c1-10(13)11-2-4-12(5-3-11)15-8-6-14-7-9-15/h2-5,10,14H,6-9H2,1H3. The lowest BCUT2D eigenvalue weighted by Gasteiger charge is -2.29. The number of alkyl halides is 1. The van der Waals surface area contributed by atoms with Crippen molar-refractivity contribution >= 4 is 17.3 Å². The Morgan fingerprint density at radius 1 is 1.20 bits per heavy atom. The third kappa shape index (κ3) is 2.64. The minimum atomic E-state index is 0.0991. The van der Waals surface area contributed by atoms with Gasteiger partial charge in [-0.15, -0.1) is 11.6 Å². The Labute approximate surface area is 96.2 Å². The molecule has 1 saturated heterocycles. The van der Waals surface area contributed by atoms with Gasteiger partial charge in [-0.1, -0.05) is 12.1 Å². The van der Waals surface area contributed by atoms with E-state index < -0.39 is 0 Å². The molecular formula is C12H17ClN2. The highest BCUT2D eigenvalue weighted by atomic mass is 35.5. The van der Waals surface area contributed by atoms with Crippen LogP contribution in [0.3, 0.4) is 0 Å². The Bertz CT molecular complexity index is 302. The first-order valence-corrected chi connectivity index (χ1v) is 5.91. The van der Waals surface area contributed by atoms with Crippen LogP contribution in [0, 0.1) is 0 Å². The number of hydrogen-bond donors (Lipinski definition) is 1.